The third-order valence-corrected chi connectivity index (χ3v) is 2.95. The molecule has 0 bridgehead atoms. The zero-order valence-corrected chi connectivity index (χ0v) is 9.96. The summed E-state index contributed by atoms with van der Waals surface area (Å²) in [4.78, 5) is 1.45. The van der Waals surface area contributed by atoms with Gasteiger partial charge in [0.15, 0.2) is 5.82 Å². The largest absolute Gasteiger partial charge is 0.340 e. The molecule has 5 nitrogen and oxygen atoms in total. The summed E-state index contributed by atoms with van der Waals surface area (Å²) < 4.78 is 2.05. The molecule has 3 rings (SSSR count). The summed E-state index contributed by atoms with van der Waals surface area (Å²) in [5, 5.41) is 13.7. The number of rotatable bonds is 2. The molecule has 0 saturated carbocycles. The minimum Gasteiger partial charge on any atom is -0.340 e. The van der Waals surface area contributed by atoms with Gasteiger partial charge in [0, 0.05) is 22.1 Å². The topological polar surface area (TPSA) is 48.5 Å². The minimum atomic E-state index is 0.595. The van der Waals surface area contributed by atoms with Gasteiger partial charge in [0.2, 0.25) is 0 Å². The lowest BCUT2D eigenvalue weighted by molar-refractivity contribution is 0.626. The van der Waals surface area contributed by atoms with Crippen LogP contribution in [0.25, 0.3) is 10.9 Å². The van der Waals surface area contributed by atoms with E-state index in [-0.39, 0.29) is 0 Å². The van der Waals surface area contributed by atoms with Crippen molar-refractivity contribution in [3.63, 3.8) is 0 Å². The minimum absolute atomic E-state index is 0.595. The van der Waals surface area contributed by atoms with E-state index in [1.165, 1.54) is 4.80 Å². The molecular formula is C11H10ClN5. The third kappa shape index (κ3) is 1.78. The highest BCUT2D eigenvalue weighted by molar-refractivity contribution is 6.35. The van der Waals surface area contributed by atoms with Crippen molar-refractivity contribution in [3.8, 4) is 0 Å². The van der Waals surface area contributed by atoms with E-state index in [2.05, 4.69) is 20.0 Å². The molecule has 0 aliphatic heterocycles. The molecule has 0 aliphatic carbocycles. The highest BCUT2D eigenvalue weighted by atomic mass is 35.5. The van der Waals surface area contributed by atoms with Gasteiger partial charge in [-0.2, -0.15) is 4.80 Å². The van der Waals surface area contributed by atoms with Gasteiger partial charge in [0.1, 0.15) is 0 Å². The van der Waals surface area contributed by atoms with Crippen molar-refractivity contribution < 1.29 is 0 Å². The zero-order chi connectivity index (χ0) is 11.8. The molecule has 1 aromatic carbocycles. The van der Waals surface area contributed by atoms with Gasteiger partial charge in [-0.1, -0.05) is 17.7 Å². The SMILES string of the molecule is Cn1nnc(Cn2ccc3c(Cl)cccc32)n1. The lowest BCUT2D eigenvalue weighted by atomic mass is 10.2. The van der Waals surface area contributed by atoms with Crippen LogP contribution in [0.4, 0.5) is 0 Å². The fraction of sp³-hybridized carbons (Fsp3) is 0.182. The number of nitrogens with zero attached hydrogens (tertiary/aromatic N) is 5. The fourth-order valence-corrected chi connectivity index (χ4v) is 2.10. The van der Waals surface area contributed by atoms with E-state index in [4.69, 9.17) is 11.6 Å². The van der Waals surface area contributed by atoms with Crippen molar-refractivity contribution in [1.29, 1.82) is 0 Å². The van der Waals surface area contributed by atoms with Crippen LogP contribution < -0.4 is 0 Å². The molecule has 2 heterocycles. The maximum absolute atomic E-state index is 6.12. The van der Waals surface area contributed by atoms with Gasteiger partial charge >= 0.3 is 0 Å². The van der Waals surface area contributed by atoms with Gasteiger partial charge in [0.25, 0.3) is 0 Å². The van der Waals surface area contributed by atoms with Crippen molar-refractivity contribution in [2.75, 3.05) is 0 Å². The molecule has 0 saturated heterocycles. The van der Waals surface area contributed by atoms with E-state index in [0.29, 0.717) is 12.4 Å². The first kappa shape index (κ1) is 10.3. The lowest BCUT2D eigenvalue weighted by Gasteiger charge is -2.01. The molecule has 0 N–H and O–H groups in total. The van der Waals surface area contributed by atoms with Crippen molar-refractivity contribution in [2.24, 2.45) is 7.05 Å². The first-order valence-corrected chi connectivity index (χ1v) is 5.58. The first-order chi connectivity index (χ1) is 8.24. The molecule has 17 heavy (non-hydrogen) atoms. The van der Waals surface area contributed by atoms with E-state index >= 15 is 0 Å². The number of tetrazole rings is 1. The molecule has 3 aromatic rings. The Balaban J connectivity index is 2.04. The van der Waals surface area contributed by atoms with Crippen LogP contribution in [0.1, 0.15) is 5.82 Å². The monoisotopic (exact) mass is 247 g/mol. The van der Waals surface area contributed by atoms with Gasteiger partial charge in [0.05, 0.1) is 13.6 Å². The number of hydrogen-bond acceptors (Lipinski definition) is 3. The van der Waals surface area contributed by atoms with E-state index in [0.717, 1.165) is 15.9 Å². The fourth-order valence-electron chi connectivity index (χ4n) is 1.86. The molecule has 0 unspecified atom stereocenters. The Labute approximate surface area is 103 Å². The molecular weight excluding hydrogens is 238 g/mol. The summed E-state index contributed by atoms with van der Waals surface area (Å²) in [6.45, 7) is 0.595. The molecule has 0 fully saturated rings. The maximum atomic E-state index is 6.12. The number of fused-ring (bicyclic) bond motifs is 1. The van der Waals surface area contributed by atoms with Gasteiger partial charge in [-0.25, -0.2) is 0 Å². The predicted octanol–water partition coefficient (Wildman–Crippen LogP) is 1.87. The van der Waals surface area contributed by atoms with Crippen molar-refractivity contribution in [3.05, 3.63) is 41.3 Å². The summed E-state index contributed by atoms with van der Waals surface area (Å²) in [6.07, 6.45) is 1.98. The number of halogens is 1. The number of aryl methyl sites for hydroxylation is 1. The molecule has 0 spiro atoms. The Bertz CT molecular complexity index is 669. The van der Waals surface area contributed by atoms with Crippen LogP contribution in [0.15, 0.2) is 30.5 Å². The Hall–Kier alpha value is -1.88. The van der Waals surface area contributed by atoms with E-state index in [1.807, 2.05) is 30.5 Å². The Morgan fingerprint density at radius 1 is 1.29 bits per heavy atom. The molecule has 0 atom stereocenters. The van der Waals surface area contributed by atoms with Crippen LogP contribution in [0.2, 0.25) is 5.02 Å². The number of benzene rings is 1. The second kappa shape index (κ2) is 3.85. The van der Waals surface area contributed by atoms with Crippen molar-refractivity contribution in [2.45, 2.75) is 6.54 Å². The highest BCUT2D eigenvalue weighted by Gasteiger charge is 2.06. The molecule has 0 aliphatic rings. The van der Waals surface area contributed by atoms with Gasteiger partial charge in [-0.15, -0.1) is 10.2 Å². The highest BCUT2D eigenvalue weighted by Crippen LogP contribution is 2.24. The maximum Gasteiger partial charge on any atom is 0.194 e. The molecule has 0 amide bonds. The second-order valence-corrected chi connectivity index (χ2v) is 4.22. The lowest BCUT2D eigenvalue weighted by Crippen LogP contribution is -2.00. The smallest absolute Gasteiger partial charge is 0.194 e. The van der Waals surface area contributed by atoms with Crippen molar-refractivity contribution in [1.82, 2.24) is 24.8 Å². The number of aromatic nitrogens is 5. The van der Waals surface area contributed by atoms with Gasteiger partial charge in [-0.3, -0.25) is 0 Å². The van der Waals surface area contributed by atoms with Gasteiger partial charge < -0.3 is 4.57 Å². The Morgan fingerprint density at radius 3 is 2.94 bits per heavy atom. The quantitative estimate of drug-likeness (QED) is 0.695. The standard InChI is InChI=1S/C11H10ClN5/c1-16-14-11(13-15-16)7-17-6-5-8-9(12)3-2-4-10(8)17/h2-6H,7H2,1H3. The van der Waals surface area contributed by atoms with Crippen LogP contribution in [-0.4, -0.2) is 24.8 Å². The zero-order valence-electron chi connectivity index (χ0n) is 9.21. The second-order valence-electron chi connectivity index (χ2n) is 3.81. The molecule has 6 heteroatoms. The van der Waals surface area contributed by atoms with Crippen LogP contribution >= 0.6 is 11.6 Å². The van der Waals surface area contributed by atoms with E-state index < -0.39 is 0 Å². The molecule has 86 valence electrons. The number of hydrogen-bond donors (Lipinski definition) is 0. The average Bonchev–Trinajstić information content (AvgIpc) is 2.88. The Morgan fingerprint density at radius 2 is 2.18 bits per heavy atom. The normalized spacial score (nSPS) is 11.2. The van der Waals surface area contributed by atoms with Crippen LogP contribution in [0.5, 0.6) is 0 Å². The van der Waals surface area contributed by atoms with Crippen molar-refractivity contribution >= 4 is 22.5 Å². The van der Waals surface area contributed by atoms with E-state index in [9.17, 15) is 0 Å². The van der Waals surface area contributed by atoms with E-state index in [1.54, 1.807) is 7.05 Å². The first-order valence-electron chi connectivity index (χ1n) is 5.20. The van der Waals surface area contributed by atoms with Crippen LogP contribution in [-0.2, 0) is 13.6 Å². The summed E-state index contributed by atoms with van der Waals surface area (Å²) in [7, 11) is 1.75. The van der Waals surface area contributed by atoms with Crippen LogP contribution in [0, 0.1) is 0 Å². The van der Waals surface area contributed by atoms with Crippen LogP contribution in [0.3, 0.4) is 0 Å². The van der Waals surface area contributed by atoms with Gasteiger partial charge in [-0.05, 0) is 23.4 Å². The third-order valence-electron chi connectivity index (χ3n) is 2.62. The predicted molar refractivity (Wildman–Crippen MR) is 64.8 cm³/mol. The molecule has 2 aromatic heterocycles. The average molecular weight is 248 g/mol. The summed E-state index contributed by atoms with van der Waals surface area (Å²) in [6, 6.07) is 7.84. The summed E-state index contributed by atoms with van der Waals surface area (Å²) >= 11 is 6.12. The summed E-state index contributed by atoms with van der Waals surface area (Å²) in [5.74, 6) is 0.685. The molecule has 0 radical (unpaired) electrons. The Kier molecular flexibility index (Phi) is 2.33. The summed E-state index contributed by atoms with van der Waals surface area (Å²) in [5.41, 5.74) is 1.07.